The van der Waals surface area contributed by atoms with E-state index >= 15 is 0 Å². The van der Waals surface area contributed by atoms with Gasteiger partial charge < -0.3 is 5.32 Å². The fourth-order valence-electron chi connectivity index (χ4n) is 1.77. The zero-order valence-corrected chi connectivity index (χ0v) is 7.53. The number of hydrogen-bond donors (Lipinski definition) is 1. The van der Waals surface area contributed by atoms with Crippen LogP contribution >= 0.6 is 0 Å². The normalized spacial score (nSPS) is 20.8. The minimum absolute atomic E-state index is 0.718. The van der Waals surface area contributed by atoms with Crippen molar-refractivity contribution in [3.63, 3.8) is 0 Å². The van der Waals surface area contributed by atoms with E-state index < -0.39 is 0 Å². The van der Waals surface area contributed by atoms with Crippen LogP contribution in [-0.4, -0.2) is 6.04 Å². The molecule has 1 rings (SSSR count). The van der Waals surface area contributed by atoms with Gasteiger partial charge in [-0.05, 0) is 19.8 Å². The summed E-state index contributed by atoms with van der Waals surface area (Å²) in [5.74, 6) is 0. The molecular formula is C10H19N. The summed E-state index contributed by atoms with van der Waals surface area (Å²) in [6.07, 6.45) is 8.32. The van der Waals surface area contributed by atoms with Crippen molar-refractivity contribution in [3.8, 4) is 0 Å². The molecule has 0 bridgehead atoms. The maximum atomic E-state index is 3.87. The van der Waals surface area contributed by atoms with Gasteiger partial charge in [-0.15, -0.1) is 0 Å². The van der Waals surface area contributed by atoms with Crippen molar-refractivity contribution in [1.29, 1.82) is 0 Å². The zero-order valence-electron chi connectivity index (χ0n) is 7.53. The van der Waals surface area contributed by atoms with E-state index in [1.165, 1.54) is 38.5 Å². The van der Waals surface area contributed by atoms with Crippen LogP contribution in [0, 0.1) is 0 Å². The van der Waals surface area contributed by atoms with E-state index in [2.05, 4.69) is 11.9 Å². The predicted molar refractivity (Wildman–Crippen MR) is 49.4 cm³/mol. The molecule has 0 radical (unpaired) electrons. The molecule has 1 saturated carbocycles. The summed E-state index contributed by atoms with van der Waals surface area (Å²) in [4.78, 5) is 0. The molecule has 1 heteroatoms. The maximum absolute atomic E-state index is 3.87. The van der Waals surface area contributed by atoms with Crippen molar-refractivity contribution < 1.29 is 0 Å². The average molecular weight is 153 g/mol. The van der Waals surface area contributed by atoms with Gasteiger partial charge in [0.1, 0.15) is 0 Å². The second kappa shape index (κ2) is 4.42. The Morgan fingerprint density at radius 1 is 1.18 bits per heavy atom. The number of rotatable bonds is 2. The van der Waals surface area contributed by atoms with Crippen LogP contribution in [0.3, 0.4) is 0 Å². The molecule has 0 aromatic heterocycles. The first kappa shape index (κ1) is 8.63. The van der Waals surface area contributed by atoms with Gasteiger partial charge in [-0.2, -0.15) is 0 Å². The number of allylic oxidation sites excluding steroid dienone is 1. The summed E-state index contributed by atoms with van der Waals surface area (Å²) >= 11 is 0. The molecule has 0 aromatic carbocycles. The topological polar surface area (TPSA) is 12.0 Å². The van der Waals surface area contributed by atoms with E-state index in [1.807, 2.05) is 6.92 Å². The predicted octanol–water partition coefficient (Wildman–Crippen LogP) is 2.83. The van der Waals surface area contributed by atoms with Crippen molar-refractivity contribution in [1.82, 2.24) is 5.32 Å². The SMILES string of the molecule is C=C(C)NC1CCCCCC1. The molecule has 1 fully saturated rings. The second-order valence-electron chi connectivity index (χ2n) is 3.61. The fraction of sp³-hybridized carbons (Fsp3) is 0.800. The van der Waals surface area contributed by atoms with Crippen LogP contribution in [-0.2, 0) is 0 Å². The van der Waals surface area contributed by atoms with E-state index in [1.54, 1.807) is 0 Å². The van der Waals surface area contributed by atoms with Gasteiger partial charge in [0, 0.05) is 11.7 Å². The lowest BCUT2D eigenvalue weighted by Crippen LogP contribution is -2.26. The maximum Gasteiger partial charge on any atom is 0.0257 e. The molecule has 1 N–H and O–H groups in total. The van der Waals surface area contributed by atoms with Crippen molar-refractivity contribution in [3.05, 3.63) is 12.3 Å². The van der Waals surface area contributed by atoms with E-state index in [0.29, 0.717) is 0 Å². The Balaban J connectivity index is 2.25. The average Bonchev–Trinajstić information content (AvgIpc) is 2.14. The molecule has 1 nitrogen and oxygen atoms in total. The number of hydrogen-bond acceptors (Lipinski definition) is 1. The molecule has 0 heterocycles. The molecule has 0 saturated heterocycles. The summed E-state index contributed by atoms with van der Waals surface area (Å²) in [6.45, 7) is 5.92. The summed E-state index contributed by atoms with van der Waals surface area (Å²) < 4.78 is 0. The third-order valence-electron chi connectivity index (χ3n) is 2.31. The van der Waals surface area contributed by atoms with Crippen LogP contribution in [0.1, 0.15) is 45.4 Å². The summed E-state index contributed by atoms with van der Waals surface area (Å²) in [6, 6.07) is 0.718. The van der Waals surface area contributed by atoms with Crippen molar-refractivity contribution in [2.75, 3.05) is 0 Å². The molecule has 0 spiro atoms. The Morgan fingerprint density at radius 3 is 2.18 bits per heavy atom. The molecule has 1 aliphatic carbocycles. The van der Waals surface area contributed by atoms with Crippen molar-refractivity contribution >= 4 is 0 Å². The van der Waals surface area contributed by atoms with Gasteiger partial charge in [0.15, 0.2) is 0 Å². The molecule has 0 aromatic rings. The lowest BCUT2D eigenvalue weighted by molar-refractivity contribution is 0.503. The van der Waals surface area contributed by atoms with Crippen LogP contribution in [0.25, 0.3) is 0 Å². The standard InChI is InChI=1S/C10H19N/c1-9(2)11-10-7-5-3-4-6-8-10/h10-11H,1,3-8H2,2H3. The molecule has 0 amide bonds. The molecular weight excluding hydrogens is 134 g/mol. The molecule has 11 heavy (non-hydrogen) atoms. The van der Waals surface area contributed by atoms with E-state index in [-0.39, 0.29) is 0 Å². The van der Waals surface area contributed by atoms with Crippen LogP contribution in [0.15, 0.2) is 12.3 Å². The molecule has 0 aliphatic heterocycles. The highest BCUT2D eigenvalue weighted by atomic mass is 14.9. The van der Waals surface area contributed by atoms with Gasteiger partial charge in [0.2, 0.25) is 0 Å². The van der Waals surface area contributed by atoms with Crippen molar-refractivity contribution in [2.45, 2.75) is 51.5 Å². The van der Waals surface area contributed by atoms with Crippen LogP contribution in [0.2, 0.25) is 0 Å². The van der Waals surface area contributed by atoms with E-state index in [0.717, 1.165) is 11.7 Å². The highest BCUT2D eigenvalue weighted by Crippen LogP contribution is 2.17. The van der Waals surface area contributed by atoms with Crippen molar-refractivity contribution in [2.24, 2.45) is 0 Å². The largest absolute Gasteiger partial charge is 0.386 e. The minimum Gasteiger partial charge on any atom is -0.386 e. The lowest BCUT2D eigenvalue weighted by atomic mass is 10.1. The number of nitrogens with one attached hydrogen (secondary N) is 1. The van der Waals surface area contributed by atoms with E-state index in [9.17, 15) is 0 Å². The summed E-state index contributed by atoms with van der Waals surface area (Å²) in [7, 11) is 0. The first-order valence-corrected chi connectivity index (χ1v) is 4.71. The fourth-order valence-corrected chi connectivity index (χ4v) is 1.77. The van der Waals surface area contributed by atoms with Gasteiger partial charge in [0.05, 0.1) is 0 Å². The van der Waals surface area contributed by atoms with Crippen LogP contribution in [0.4, 0.5) is 0 Å². The lowest BCUT2D eigenvalue weighted by Gasteiger charge is -2.16. The van der Waals surface area contributed by atoms with Gasteiger partial charge in [0.25, 0.3) is 0 Å². The smallest absolute Gasteiger partial charge is 0.0257 e. The first-order valence-electron chi connectivity index (χ1n) is 4.71. The molecule has 1 aliphatic rings. The van der Waals surface area contributed by atoms with Gasteiger partial charge in [-0.25, -0.2) is 0 Å². The third-order valence-corrected chi connectivity index (χ3v) is 2.31. The molecule has 0 atom stereocenters. The first-order chi connectivity index (χ1) is 5.29. The highest BCUT2D eigenvalue weighted by molar-refractivity contribution is 4.88. The third kappa shape index (κ3) is 3.45. The van der Waals surface area contributed by atoms with Gasteiger partial charge in [-0.3, -0.25) is 0 Å². The summed E-state index contributed by atoms with van der Waals surface area (Å²) in [5, 5.41) is 3.43. The molecule has 0 unspecified atom stereocenters. The van der Waals surface area contributed by atoms with Gasteiger partial charge in [-0.1, -0.05) is 32.3 Å². The minimum atomic E-state index is 0.718. The van der Waals surface area contributed by atoms with Crippen LogP contribution in [0.5, 0.6) is 0 Å². The Bertz CT molecular complexity index is 121. The quantitative estimate of drug-likeness (QED) is 0.601. The molecule has 64 valence electrons. The zero-order chi connectivity index (χ0) is 8.10. The van der Waals surface area contributed by atoms with Gasteiger partial charge >= 0.3 is 0 Å². The monoisotopic (exact) mass is 153 g/mol. The highest BCUT2D eigenvalue weighted by Gasteiger charge is 2.10. The second-order valence-corrected chi connectivity index (χ2v) is 3.61. The van der Waals surface area contributed by atoms with E-state index in [4.69, 9.17) is 0 Å². The Morgan fingerprint density at radius 2 is 1.73 bits per heavy atom. The summed E-state index contributed by atoms with van der Waals surface area (Å²) in [5.41, 5.74) is 1.12. The van der Waals surface area contributed by atoms with Crippen LogP contribution < -0.4 is 5.32 Å². The Labute approximate surface area is 69.9 Å². The Kier molecular flexibility index (Phi) is 3.47. The Hall–Kier alpha value is -0.460.